The molecule has 0 atom stereocenters. The largest absolute Gasteiger partial charge is 4.00 e. The maximum absolute atomic E-state index is 6.57. The molecule has 1 aliphatic heterocycles. The molecule has 0 N–H and O–H groups in total. The second-order valence-electron chi connectivity index (χ2n) is 9.72. The van der Waals surface area contributed by atoms with Gasteiger partial charge in [-0.25, -0.2) is 24.2 Å². The Balaban J connectivity index is 0.000000495. The molecule has 2 aromatic heterocycles. The van der Waals surface area contributed by atoms with Gasteiger partial charge in [-0.15, -0.1) is 70.4 Å². The molecule has 0 aliphatic carbocycles. The van der Waals surface area contributed by atoms with Crippen LogP contribution in [0.3, 0.4) is 0 Å². The molecule has 47 heavy (non-hydrogen) atoms. The van der Waals surface area contributed by atoms with Gasteiger partial charge in [0, 0.05) is 45.0 Å². The summed E-state index contributed by atoms with van der Waals surface area (Å²) < 4.78 is 7.66. The number of nitrogens with zero attached hydrogens (tertiary/aromatic N) is 4. The molecule has 6 aromatic rings. The van der Waals surface area contributed by atoms with Crippen LogP contribution < -0.4 is 9.64 Å². The van der Waals surface area contributed by atoms with E-state index in [1.54, 1.807) is 34.9 Å². The smallest absolute Gasteiger partial charge is 0.669 e. The Hall–Kier alpha value is -4.26. The van der Waals surface area contributed by atoms with Gasteiger partial charge in [0.1, 0.15) is 0 Å². The minimum Gasteiger partial charge on any atom is -0.669 e. The molecule has 8 heteroatoms. The zero-order valence-corrected chi connectivity index (χ0v) is 30.3. The molecule has 5 nitrogen and oxygen atoms in total. The second-order valence-corrected chi connectivity index (χ2v) is 10.8. The van der Waals surface area contributed by atoms with E-state index in [-0.39, 0.29) is 42.1 Å². The minimum atomic E-state index is 0. The fourth-order valence-corrected chi connectivity index (χ4v) is 5.15. The van der Waals surface area contributed by atoms with E-state index in [1.807, 2.05) is 133 Å². The standard InChI is InChI=1S/C33H21N3OS.C6H4N.2Pt/c1-35-18-19-36(24-35)28-10-7-12-30(23-28)37-29-11-5-9-27(20-29)33-22-26(16-17-34-33)25-8-6-15-32(21-25)38-31-13-3-2-4-14-31;1-2-7-5-3-4-6-7;;/h2-13,15,17-19,22,24H,1H3;3-6H;;/q-6;-1;;+4. The average molecular weight is 988 g/mol. The Morgan fingerprint density at radius 2 is 1.53 bits per heavy atom. The number of ether oxygens (including phenoxy) is 1. The van der Waals surface area contributed by atoms with Crippen molar-refractivity contribution in [2.45, 2.75) is 9.79 Å². The van der Waals surface area contributed by atoms with Gasteiger partial charge in [-0.1, -0.05) is 22.9 Å². The zero-order valence-electron chi connectivity index (χ0n) is 24.9. The summed E-state index contributed by atoms with van der Waals surface area (Å²) in [5.74, 6) is 1.20. The molecule has 4 aromatic carbocycles. The summed E-state index contributed by atoms with van der Waals surface area (Å²) in [6.45, 7) is 1.98. The third kappa shape index (κ3) is 9.86. The third-order valence-electron chi connectivity index (χ3n) is 6.46. The summed E-state index contributed by atoms with van der Waals surface area (Å²) >= 11 is 1.63. The molecule has 0 spiro atoms. The first-order valence-corrected chi connectivity index (χ1v) is 14.8. The number of anilines is 1. The van der Waals surface area contributed by atoms with Gasteiger partial charge in [-0.3, -0.25) is 11.1 Å². The summed E-state index contributed by atoms with van der Waals surface area (Å²) in [6, 6.07) is 50.2. The molecule has 0 amide bonds. The minimum absolute atomic E-state index is 0. The predicted octanol–water partition coefficient (Wildman–Crippen LogP) is 8.58. The number of rotatable bonds is 7. The summed E-state index contributed by atoms with van der Waals surface area (Å²) in [6.07, 6.45) is 15.7. The first-order chi connectivity index (χ1) is 22.1. The first-order valence-electron chi connectivity index (χ1n) is 14.0. The van der Waals surface area contributed by atoms with Crippen LogP contribution in [-0.2, 0) is 42.1 Å². The van der Waals surface area contributed by atoms with E-state index in [2.05, 4.69) is 41.4 Å². The summed E-state index contributed by atoms with van der Waals surface area (Å²) in [5.41, 5.74) is 4.37. The third-order valence-corrected chi connectivity index (χ3v) is 7.39. The Bertz CT molecular complexity index is 1940. The Morgan fingerprint density at radius 1 is 0.787 bits per heavy atom. The normalized spacial score (nSPS) is 11.4. The van der Waals surface area contributed by atoms with Crippen molar-refractivity contribution in [1.29, 1.82) is 0 Å². The maximum Gasteiger partial charge on any atom is 4.00 e. The number of aromatic nitrogens is 2. The summed E-state index contributed by atoms with van der Waals surface area (Å²) in [4.78, 5) is 10.6. The molecule has 3 heterocycles. The van der Waals surface area contributed by atoms with Crippen LogP contribution in [0.5, 0.6) is 11.5 Å². The zero-order chi connectivity index (χ0) is 30.8. The Morgan fingerprint density at radius 3 is 2.26 bits per heavy atom. The number of benzene rings is 4. The fourth-order valence-electron chi connectivity index (χ4n) is 4.34. The molecule has 7 rings (SSSR count). The fraction of sp³-hybridized carbons (Fsp3) is 0.0256. The SMILES string of the molecule is CN1C=CN(c2[c-]c(Oc3[c-]c(-c4cc(-c5[c-]c(Sc6[c-]cccc6)ccc5)[c-]cn4)ccc3)ccc2)[CH-]1.[C-]#Cn1cccc1.[Pt+4].[Pt]. The van der Waals surface area contributed by atoms with Crippen molar-refractivity contribution >= 4 is 17.4 Å². The van der Waals surface area contributed by atoms with Crippen molar-refractivity contribution in [1.82, 2.24) is 14.5 Å². The van der Waals surface area contributed by atoms with Gasteiger partial charge < -0.3 is 30.5 Å². The quantitative estimate of drug-likeness (QED) is 0.118. The predicted molar refractivity (Wildman–Crippen MR) is 177 cm³/mol. The molecule has 0 radical (unpaired) electrons. The van der Waals surface area contributed by atoms with Crippen LogP contribution in [0.1, 0.15) is 0 Å². The summed E-state index contributed by atoms with van der Waals surface area (Å²) in [5, 5.41) is 0. The van der Waals surface area contributed by atoms with E-state index in [4.69, 9.17) is 11.2 Å². The van der Waals surface area contributed by atoms with E-state index >= 15 is 0 Å². The van der Waals surface area contributed by atoms with Crippen LogP contribution in [0.25, 0.3) is 22.4 Å². The van der Waals surface area contributed by atoms with Crippen LogP contribution in [0.4, 0.5) is 5.69 Å². The van der Waals surface area contributed by atoms with Gasteiger partial charge in [0.25, 0.3) is 0 Å². The second kappa shape index (κ2) is 17.6. The van der Waals surface area contributed by atoms with Crippen LogP contribution in [0, 0.1) is 49.5 Å². The van der Waals surface area contributed by atoms with Gasteiger partial charge in [0.05, 0.1) is 0 Å². The van der Waals surface area contributed by atoms with Gasteiger partial charge in [0.2, 0.25) is 0 Å². The molecule has 0 saturated heterocycles. The van der Waals surface area contributed by atoms with Crippen molar-refractivity contribution in [2.24, 2.45) is 0 Å². The van der Waals surface area contributed by atoms with E-state index in [9.17, 15) is 0 Å². The maximum atomic E-state index is 6.57. The van der Waals surface area contributed by atoms with E-state index in [0.717, 1.165) is 37.9 Å². The van der Waals surface area contributed by atoms with Crippen LogP contribution in [-0.4, -0.2) is 21.5 Å². The molecule has 0 fully saturated rings. The Labute approximate surface area is 309 Å². The first kappa shape index (κ1) is 35.6. The Kier molecular flexibility index (Phi) is 13.3. The van der Waals surface area contributed by atoms with Gasteiger partial charge in [-0.2, -0.15) is 55.2 Å². The van der Waals surface area contributed by atoms with Crippen LogP contribution in [0.15, 0.2) is 138 Å². The molecule has 0 bridgehead atoms. The monoisotopic (exact) mass is 987 g/mol. The van der Waals surface area contributed by atoms with E-state index in [0.29, 0.717) is 11.5 Å². The number of hydrogen-bond acceptors (Lipinski definition) is 5. The van der Waals surface area contributed by atoms with Crippen LogP contribution in [0.2, 0.25) is 0 Å². The molecule has 0 saturated carbocycles. The molecule has 0 unspecified atom stereocenters. The topological polar surface area (TPSA) is 33.5 Å². The molecule has 1 aliphatic rings. The summed E-state index contributed by atoms with van der Waals surface area (Å²) in [7, 11) is 1.98. The molecular weight excluding hydrogens is 963 g/mol. The average Bonchev–Trinajstić information content (AvgIpc) is 3.78. The molecule has 236 valence electrons. The van der Waals surface area contributed by atoms with E-state index in [1.165, 1.54) is 0 Å². The van der Waals surface area contributed by atoms with Crippen molar-refractivity contribution < 1.29 is 46.9 Å². The van der Waals surface area contributed by atoms with Crippen LogP contribution >= 0.6 is 11.8 Å². The van der Waals surface area contributed by atoms with Gasteiger partial charge in [0.15, 0.2) is 0 Å². The van der Waals surface area contributed by atoms with Crippen molar-refractivity contribution in [3.63, 3.8) is 0 Å². The number of hydrogen-bond donors (Lipinski definition) is 0. The number of pyridine rings is 1. The molecular formula is C39H25N4OPt2S-3. The van der Waals surface area contributed by atoms with Crippen molar-refractivity contribution in [3.8, 4) is 39.9 Å². The van der Waals surface area contributed by atoms with E-state index < -0.39 is 0 Å². The van der Waals surface area contributed by atoms with Gasteiger partial charge >= 0.3 is 21.1 Å². The van der Waals surface area contributed by atoms with Gasteiger partial charge in [-0.05, 0) is 31.6 Å². The van der Waals surface area contributed by atoms with Crippen molar-refractivity contribution in [2.75, 3.05) is 11.9 Å². The van der Waals surface area contributed by atoms with Crippen molar-refractivity contribution in [3.05, 3.63) is 171 Å².